The molecule has 0 saturated heterocycles. The van der Waals surface area contributed by atoms with E-state index >= 15 is 0 Å². The van der Waals surface area contributed by atoms with E-state index in [1.54, 1.807) is 12.1 Å². The normalized spacial score (nSPS) is 19.3. The maximum Gasteiger partial charge on any atom is 0.312 e. The number of nitrogen functional groups attached to an aromatic ring is 1. The predicted molar refractivity (Wildman–Crippen MR) is 90.2 cm³/mol. The number of hydrogen-bond acceptors (Lipinski definition) is 6. The highest BCUT2D eigenvalue weighted by Gasteiger charge is 2.38. The van der Waals surface area contributed by atoms with Gasteiger partial charge in [0.1, 0.15) is 5.75 Å². The lowest BCUT2D eigenvalue weighted by Gasteiger charge is -2.05. The number of nitrogens with two attached hydrogens (primary N) is 1. The van der Waals surface area contributed by atoms with Crippen molar-refractivity contribution < 1.29 is 9.52 Å². The standard InChI is InChI=1S/C18H18N4O2/c19-18-22-21-17(24-18)10-20-16-9-15(16)12-6-4-11(5-7-12)13-2-1-3-14(23)8-13/h1-8,15-16,20,23H,9-10H2,(H2,19,22)/t15-,16+/m0/s1. The summed E-state index contributed by atoms with van der Waals surface area (Å²) in [5.74, 6) is 1.30. The minimum absolute atomic E-state index is 0.0988. The monoisotopic (exact) mass is 322 g/mol. The molecule has 4 rings (SSSR count). The first-order chi connectivity index (χ1) is 11.7. The summed E-state index contributed by atoms with van der Waals surface area (Å²) in [5, 5.41) is 20.5. The van der Waals surface area contributed by atoms with Crippen molar-refractivity contribution in [3.8, 4) is 16.9 Å². The van der Waals surface area contributed by atoms with E-state index < -0.39 is 0 Å². The summed E-state index contributed by atoms with van der Waals surface area (Å²) in [6.45, 7) is 0.534. The number of aromatic hydroxyl groups is 1. The van der Waals surface area contributed by atoms with E-state index in [2.05, 4.69) is 39.8 Å². The van der Waals surface area contributed by atoms with Crippen LogP contribution >= 0.6 is 0 Å². The highest BCUT2D eigenvalue weighted by atomic mass is 16.4. The summed E-state index contributed by atoms with van der Waals surface area (Å²) in [4.78, 5) is 0. The third-order valence-corrected chi connectivity index (χ3v) is 4.31. The van der Waals surface area contributed by atoms with Gasteiger partial charge in [0.25, 0.3) is 0 Å². The minimum Gasteiger partial charge on any atom is -0.508 e. The zero-order valence-electron chi connectivity index (χ0n) is 13.0. The molecule has 6 heteroatoms. The molecule has 3 aromatic rings. The third-order valence-electron chi connectivity index (χ3n) is 4.31. The minimum atomic E-state index is 0.0988. The van der Waals surface area contributed by atoms with Crippen molar-refractivity contribution >= 4 is 6.01 Å². The Balaban J connectivity index is 1.38. The van der Waals surface area contributed by atoms with E-state index in [9.17, 15) is 5.11 Å². The molecule has 0 aliphatic heterocycles. The van der Waals surface area contributed by atoms with Crippen molar-refractivity contribution in [3.63, 3.8) is 0 Å². The van der Waals surface area contributed by atoms with Crippen molar-refractivity contribution in [1.29, 1.82) is 0 Å². The Labute approximate surface area is 139 Å². The number of anilines is 1. The van der Waals surface area contributed by atoms with Gasteiger partial charge in [0.05, 0.1) is 6.54 Å². The first kappa shape index (κ1) is 14.7. The molecule has 0 spiro atoms. The zero-order chi connectivity index (χ0) is 16.5. The van der Waals surface area contributed by atoms with Crippen LogP contribution in [-0.4, -0.2) is 21.3 Å². The molecule has 1 aliphatic rings. The van der Waals surface area contributed by atoms with Crippen LogP contribution in [0.25, 0.3) is 11.1 Å². The molecular weight excluding hydrogens is 304 g/mol. The van der Waals surface area contributed by atoms with Crippen LogP contribution in [0.5, 0.6) is 5.75 Å². The van der Waals surface area contributed by atoms with Crippen molar-refractivity contribution in [1.82, 2.24) is 15.5 Å². The zero-order valence-corrected chi connectivity index (χ0v) is 13.0. The van der Waals surface area contributed by atoms with Gasteiger partial charge in [-0.3, -0.25) is 0 Å². The lowest BCUT2D eigenvalue weighted by molar-refractivity contribution is 0.475. The average molecular weight is 322 g/mol. The van der Waals surface area contributed by atoms with Gasteiger partial charge < -0.3 is 20.6 Å². The van der Waals surface area contributed by atoms with Crippen molar-refractivity contribution in [2.75, 3.05) is 5.73 Å². The highest BCUT2D eigenvalue weighted by molar-refractivity contribution is 5.65. The molecular formula is C18H18N4O2. The third kappa shape index (κ3) is 3.09. The summed E-state index contributed by atoms with van der Waals surface area (Å²) >= 11 is 0. The predicted octanol–water partition coefficient (Wildman–Crippen LogP) is 2.67. The number of hydrogen-bond donors (Lipinski definition) is 3. The van der Waals surface area contributed by atoms with Gasteiger partial charge in [0.15, 0.2) is 0 Å². The fourth-order valence-electron chi connectivity index (χ4n) is 2.95. The molecule has 6 nitrogen and oxygen atoms in total. The van der Waals surface area contributed by atoms with Crippen LogP contribution < -0.4 is 11.1 Å². The van der Waals surface area contributed by atoms with Gasteiger partial charge in [-0.2, -0.15) is 0 Å². The summed E-state index contributed by atoms with van der Waals surface area (Å²) in [7, 11) is 0. The van der Waals surface area contributed by atoms with Crippen LogP contribution in [0.1, 0.15) is 23.8 Å². The average Bonchev–Trinajstić information content (AvgIpc) is 3.26. The summed E-state index contributed by atoms with van der Waals surface area (Å²) in [6.07, 6.45) is 1.09. The summed E-state index contributed by atoms with van der Waals surface area (Å²) in [5.41, 5.74) is 8.83. The lowest BCUT2D eigenvalue weighted by atomic mass is 10.0. The number of aromatic nitrogens is 2. The number of nitrogens with one attached hydrogen (secondary N) is 1. The van der Waals surface area contributed by atoms with E-state index in [-0.39, 0.29) is 11.8 Å². The number of rotatable bonds is 5. The summed E-state index contributed by atoms with van der Waals surface area (Å²) in [6, 6.07) is 16.3. The molecule has 2 atom stereocenters. The van der Waals surface area contributed by atoms with Crippen LogP contribution in [0.15, 0.2) is 52.9 Å². The van der Waals surface area contributed by atoms with Crippen LogP contribution in [0, 0.1) is 0 Å². The van der Waals surface area contributed by atoms with Crippen LogP contribution in [0.4, 0.5) is 6.01 Å². The molecule has 4 N–H and O–H groups in total. The molecule has 1 saturated carbocycles. The van der Waals surface area contributed by atoms with Gasteiger partial charge in [-0.15, -0.1) is 5.10 Å². The number of benzene rings is 2. The molecule has 0 amide bonds. The Kier molecular flexibility index (Phi) is 3.66. The van der Waals surface area contributed by atoms with Gasteiger partial charge in [-0.25, -0.2) is 0 Å². The molecule has 24 heavy (non-hydrogen) atoms. The largest absolute Gasteiger partial charge is 0.508 e. The molecule has 1 aliphatic carbocycles. The van der Waals surface area contributed by atoms with Crippen LogP contribution in [0.3, 0.4) is 0 Å². The SMILES string of the molecule is Nc1nnc(CN[C@@H]2C[C@H]2c2ccc(-c3cccc(O)c3)cc2)o1. The molecule has 1 aromatic heterocycles. The van der Waals surface area contributed by atoms with Gasteiger partial charge in [0.2, 0.25) is 5.89 Å². The number of phenolic OH excluding ortho intramolecular Hbond substituents is 1. The van der Waals surface area contributed by atoms with E-state index in [0.717, 1.165) is 17.5 Å². The molecule has 1 heterocycles. The first-order valence-electron chi connectivity index (χ1n) is 7.89. The van der Waals surface area contributed by atoms with Gasteiger partial charge in [0, 0.05) is 12.0 Å². The lowest BCUT2D eigenvalue weighted by Crippen LogP contribution is -2.17. The van der Waals surface area contributed by atoms with Crippen LogP contribution in [0.2, 0.25) is 0 Å². The second-order valence-corrected chi connectivity index (χ2v) is 6.04. The van der Waals surface area contributed by atoms with E-state index in [0.29, 0.717) is 24.4 Å². The van der Waals surface area contributed by atoms with E-state index in [1.807, 2.05) is 12.1 Å². The topological polar surface area (TPSA) is 97.2 Å². The number of phenols is 1. The Morgan fingerprint density at radius 2 is 1.96 bits per heavy atom. The van der Waals surface area contributed by atoms with E-state index in [1.165, 1.54) is 5.56 Å². The van der Waals surface area contributed by atoms with Gasteiger partial charge in [-0.05, 0) is 35.2 Å². The fraction of sp³-hybridized carbons (Fsp3) is 0.222. The smallest absolute Gasteiger partial charge is 0.312 e. The van der Waals surface area contributed by atoms with Crippen molar-refractivity contribution in [3.05, 3.63) is 60.0 Å². The molecule has 1 fully saturated rings. The maximum atomic E-state index is 9.58. The Hall–Kier alpha value is -2.86. The van der Waals surface area contributed by atoms with Crippen molar-refractivity contribution in [2.45, 2.75) is 24.9 Å². The number of nitrogens with zero attached hydrogens (tertiary/aromatic N) is 2. The Morgan fingerprint density at radius 1 is 1.12 bits per heavy atom. The van der Waals surface area contributed by atoms with Gasteiger partial charge in [-0.1, -0.05) is 41.5 Å². The Morgan fingerprint density at radius 3 is 2.67 bits per heavy atom. The van der Waals surface area contributed by atoms with Crippen LogP contribution in [-0.2, 0) is 6.54 Å². The van der Waals surface area contributed by atoms with E-state index in [4.69, 9.17) is 10.2 Å². The summed E-state index contributed by atoms with van der Waals surface area (Å²) < 4.78 is 5.15. The quantitative estimate of drug-likeness (QED) is 0.668. The maximum absolute atomic E-state index is 9.58. The molecule has 2 aromatic carbocycles. The molecule has 0 unspecified atom stereocenters. The second-order valence-electron chi connectivity index (χ2n) is 6.04. The van der Waals surface area contributed by atoms with Gasteiger partial charge >= 0.3 is 6.01 Å². The highest BCUT2D eigenvalue weighted by Crippen LogP contribution is 2.41. The molecule has 122 valence electrons. The fourth-order valence-corrected chi connectivity index (χ4v) is 2.95. The Bertz CT molecular complexity index is 844. The molecule has 0 bridgehead atoms. The second kappa shape index (κ2) is 5.98. The van der Waals surface area contributed by atoms with Crippen molar-refractivity contribution in [2.24, 2.45) is 0 Å². The molecule has 0 radical (unpaired) electrons. The first-order valence-corrected chi connectivity index (χ1v) is 7.89.